The van der Waals surface area contributed by atoms with E-state index in [1.165, 1.54) is 0 Å². The van der Waals surface area contributed by atoms with E-state index in [9.17, 15) is 13.6 Å². The van der Waals surface area contributed by atoms with Crippen LogP contribution in [0.25, 0.3) is 0 Å². The molecule has 17 heavy (non-hydrogen) atoms. The fourth-order valence-electron chi connectivity index (χ4n) is 1.35. The molecule has 1 aromatic heterocycles. The van der Waals surface area contributed by atoms with Gasteiger partial charge >= 0.3 is 5.97 Å². The Hall–Kier alpha value is -2.03. The number of hydrogen-bond donors (Lipinski definition) is 0. The number of alkyl halides is 2. The van der Waals surface area contributed by atoms with E-state index in [2.05, 4.69) is 9.72 Å². The summed E-state index contributed by atoms with van der Waals surface area (Å²) in [5.74, 6) is -0.654. The van der Waals surface area contributed by atoms with Gasteiger partial charge in [-0.05, 0) is 13.0 Å². The van der Waals surface area contributed by atoms with Crippen molar-refractivity contribution in [2.75, 3.05) is 6.61 Å². The number of rotatable bonds is 4. The molecular weight excluding hydrogens is 230 g/mol. The second-order valence-electron chi connectivity index (χ2n) is 3.12. The quantitative estimate of drug-likeness (QED) is 0.755. The number of pyridine rings is 1. The van der Waals surface area contributed by atoms with Crippen molar-refractivity contribution in [1.29, 1.82) is 5.26 Å². The normalized spacial score (nSPS) is 10.1. The van der Waals surface area contributed by atoms with E-state index < -0.39 is 12.4 Å². The van der Waals surface area contributed by atoms with Crippen molar-refractivity contribution < 1.29 is 18.3 Å². The SMILES string of the molecule is CCOC(=O)Cc1c(C(F)F)ccnc1C#N. The van der Waals surface area contributed by atoms with Crippen molar-refractivity contribution >= 4 is 5.97 Å². The fraction of sp³-hybridized carbons (Fsp3) is 0.364. The number of aromatic nitrogens is 1. The first-order chi connectivity index (χ1) is 8.10. The second kappa shape index (κ2) is 5.89. The molecule has 0 saturated carbocycles. The van der Waals surface area contributed by atoms with Gasteiger partial charge in [0.2, 0.25) is 0 Å². The molecule has 0 fully saturated rings. The van der Waals surface area contributed by atoms with Crippen LogP contribution in [0.15, 0.2) is 12.3 Å². The van der Waals surface area contributed by atoms with E-state index in [-0.39, 0.29) is 29.8 Å². The van der Waals surface area contributed by atoms with Crippen molar-refractivity contribution in [2.24, 2.45) is 0 Å². The first kappa shape index (κ1) is 13.0. The Morgan fingerprint density at radius 1 is 1.65 bits per heavy atom. The molecule has 90 valence electrons. The Morgan fingerprint density at radius 2 is 2.35 bits per heavy atom. The average Bonchev–Trinajstić information content (AvgIpc) is 2.29. The molecule has 0 aliphatic rings. The molecular formula is C11H10F2N2O2. The zero-order chi connectivity index (χ0) is 12.8. The summed E-state index contributed by atoms with van der Waals surface area (Å²) in [4.78, 5) is 14.9. The molecule has 0 saturated heterocycles. The highest BCUT2D eigenvalue weighted by atomic mass is 19.3. The maximum Gasteiger partial charge on any atom is 0.310 e. The third-order valence-corrected chi connectivity index (χ3v) is 2.06. The van der Waals surface area contributed by atoms with Crippen LogP contribution in [0.3, 0.4) is 0 Å². The maximum absolute atomic E-state index is 12.7. The van der Waals surface area contributed by atoms with Crippen LogP contribution in [-0.2, 0) is 16.0 Å². The molecule has 0 bridgehead atoms. The molecule has 1 aromatic rings. The molecule has 0 amide bonds. The second-order valence-corrected chi connectivity index (χ2v) is 3.12. The zero-order valence-electron chi connectivity index (χ0n) is 9.11. The molecule has 0 spiro atoms. The predicted octanol–water partition coefficient (Wildman–Crippen LogP) is 2.00. The number of carbonyl (C=O) groups excluding carboxylic acids is 1. The number of hydrogen-bond acceptors (Lipinski definition) is 4. The van der Waals surface area contributed by atoms with Gasteiger partial charge in [0.05, 0.1) is 13.0 Å². The van der Waals surface area contributed by atoms with Crippen molar-refractivity contribution in [2.45, 2.75) is 19.8 Å². The van der Waals surface area contributed by atoms with Crippen LogP contribution in [0.5, 0.6) is 0 Å². The summed E-state index contributed by atoms with van der Waals surface area (Å²) >= 11 is 0. The Morgan fingerprint density at radius 3 is 2.88 bits per heavy atom. The minimum atomic E-state index is -2.76. The van der Waals surface area contributed by atoms with Gasteiger partial charge in [0.15, 0.2) is 0 Å². The largest absolute Gasteiger partial charge is 0.466 e. The van der Waals surface area contributed by atoms with Crippen LogP contribution in [0, 0.1) is 11.3 Å². The molecule has 0 N–H and O–H groups in total. The van der Waals surface area contributed by atoms with Crippen molar-refractivity contribution in [3.63, 3.8) is 0 Å². The Kier molecular flexibility index (Phi) is 4.52. The smallest absolute Gasteiger partial charge is 0.310 e. The van der Waals surface area contributed by atoms with E-state index in [0.29, 0.717) is 0 Å². The minimum absolute atomic E-state index is 0.0662. The summed E-state index contributed by atoms with van der Waals surface area (Å²) in [6.45, 7) is 1.77. The van der Waals surface area contributed by atoms with Gasteiger partial charge in [-0.2, -0.15) is 5.26 Å². The molecule has 0 aliphatic carbocycles. The van der Waals surface area contributed by atoms with Gasteiger partial charge in [0.1, 0.15) is 11.8 Å². The number of nitrogens with zero attached hydrogens (tertiary/aromatic N) is 2. The number of halogens is 2. The molecule has 0 atom stereocenters. The maximum atomic E-state index is 12.7. The number of carbonyl (C=O) groups is 1. The van der Waals surface area contributed by atoms with Gasteiger partial charge < -0.3 is 4.74 Å². The summed E-state index contributed by atoms with van der Waals surface area (Å²) in [7, 11) is 0. The lowest BCUT2D eigenvalue weighted by molar-refractivity contribution is -0.142. The third kappa shape index (κ3) is 3.21. The van der Waals surface area contributed by atoms with Gasteiger partial charge in [0, 0.05) is 17.3 Å². The monoisotopic (exact) mass is 240 g/mol. The van der Waals surface area contributed by atoms with Crippen molar-refractivity contribution in [1.82, 2.24) is 4.98 Å². The lowest BCUT2D eigenvalue weighted by Gasteiger charge is -2.09. The molecule has 0 radical (unpaired) electrons. The molecule has 1 heterocycles. The molecule has 4 nitrogen and oxygen atoms in total. The van der Waals surface area contributed by atoms with E-state index >= 15 is 0 Å². The summed E-state index contributed by atoms with van der Waals surface area (Å²) in [5, 5.41) is 8.76. The highest BCUT2D eigenvalue weighted by molar-refractivity contribution is 5.73. The standard InChI is InChI=1S/C11H10F2N2O2/c1-2-17-10(16)5-8-7(11(12)13)3-4-15-9(8)6-14/h3-4,11H,2,5H2,1H3. The van der Waals surface area contributed by atoms with Crippen molar-refractivity contribution in [3.8, 4) is 6.07 Å². The van der Waals surface area contributed by atoms with E-state index in [1.807, 2.05) is 0 Å². The van der Waals surface area contributed by atoms with Crippen LogP contribution in [0.1, 0.15) is 30.2 Å². The van der Waals surface area contributed by atoms with E-state index in [1.54, 1.807) is 13.0 Å². The van der Waals surface area contributed by atoms with Gasteiger partial charge in [-0.25, -0.2) is 13.8 Å². The number of esters is 1. The zero-order valence-corrected chi connectivity index (χ0v) is 9.11. The van der Waals surface area contributed by atoms with Gasteiger partial charge in [0.25, 0.3) is 6.43 Å². The lowest BCUT2D eigenvalue weighted by atomic mass is 10.0. The summed E-state index contributed by atoms with van der Waals surface area (Å²) in [6, 6.07) is 2.78. The van der Waals surface area contributed by atoms with Crippen LogP contribution in [-0.4, -0.2) is 17.6 Å². The van der Waals surface area contributed by atoms with Crippen LogP contribution in [0.2, 0.25) is 0 Å². The van der Waals surface area contributed by atoms with E-state index in [0.717, 1.165) is 12.3 Å². The Balaban J connectivity index is 3.10. The third-order valence-electron chi connectivity index (χ3n) is 2.06. The summed E-state index contributed by atoms with van der Waals surface area (Å²) in [5.41, 5.74) is -0.594. The number of nitriles is 1. The summed E-state index contributed by atoms with van der Waals surface area (Å²) < 4.78 is 30.0. The molecule has 1 rings (SSSR count). The van der Waals surface area contributed by atoms with Gasteiger partial charge in [-0.1, -0.05) is 0 Å². The topological polar surface area (TPSA) is 63.0 Å². The fourth-order valence-corrected chi connectivity index (χ4v) is 1.35. The molecule has 0 aromatic carbocycles. The minimum Gasteiger partial charge on any atom is -0.466 e. The van der Waals surface area contributed by atoms with Gasteiger partial charge in [-0.15, -0.1) is 0 Å². The summed E-state index contributed by atoms with van der Waals surface area (Å²) in [6.07, 6.45) is -2.01. The first-order valence-electron chi connectivity index (χ1n) is 4.91. The van der Waals surface area contributed by atoms with Crippen LogP contribution in [0.4, 0.5) is 8.78 Å². The lowest BCUT2D eigenvalue weighted by Crippen LogP contribution is -2.11. The highest BCUT2D eigenvalue weighted by Crippen LogP contribution is 2.24. The van der Waals surface area contributed by atoms with Crippen molar-refractivity contribution in [3.05, 3.63) is 29.1 Å². The van der Waals surface area contributed by atoms with Crippen LogP contribution < -0.4 is 0 Å². The Bertz CT molecular complexity index is 455. The molecule has 0 unspecified atom stereocenters. The molecule has 6 heteroatoms. The number of ether oxygens (including phenoxy) is 1. The molecule has 0 aliphatic heterocycles. The van der Waals surface area contributed by atoms with Gasteiger partial charge in [-0.3, -0.25) is 4.79 Å². The van der Waals surface area contributed by atoms with E-state index in [4.69, 9.17) is 5.26 Å². The average molecular weight is 240 g/mol. The first-order valence-corrected chi connectivity index (χ1v) is 4.91. The van der Waals surface area contributed by atoms with Crippen LogP contribution >= 0.6 is 0 Å². The Labute approximate surface area is 96.8 Å². The predicted molar refractivity (Wildman–Crippen MR) is 54.2 cm³/mol. The highest BCUT2D eigenvalue weighted by Gasteiger charge is 2.19.